The smallest absolute Gasteiger partial charge is 0.335 e. The number of anilines is 1. The molecule has 9 nitrogen and oxygen atoms in total. The summed E-state index contributed by atoms with van der Waals surface area (Å²) in [5, 5.41) is 0. The molecule has 1 aromatic carbocycles. The standard InChI is InChI=1S/C22H27NO8/c1-12-20(22(26)28-5)17-10-19(23(12)15-6-8-16(27-4)9-7-15)31-18(11-29-13(2)24)21(17)30-14(3)25/h6-9,17-19,21H,10-11H2,1-5H3/t17?,18-,19?,21+/m1/s1. The first-order chi connectivity index (χ1) is 14.8. The summed E-state index contributed by atoms with van der Waals surface area (Å²) in [6.45, 7) is 4.27. The third-order valence-corrected chi connectivity index (χ3v) is 5.47. The summed E-state index contributed by atoms with van der Waals surface area (Å²) in [5.41, 5.74) is 1.83. The molecule has 0 aliphatic carbocycles. The summed E-state index contributed by atoms with van der Waals surface area (Å²) in [6, 6.07) is 7.35. The Kier molecular flexibility index (Phi) is 6.84. The fourth-order valence-corrected chi connectivity index (χ4v) is 4.20. The molecule has 2 heterocycles. The van der Waals surface area contributed by atoms with Crippen molar-refractivity contribution in [2.75, 3.05) is 25.7 Å². The van der Waals surface area contributed by atoms with Gasteiger partial charge in [0.1, 0.15) is 30.8 Å². The number of hydrogen-bond acceptors (Lipinski definition) is 9. The van der Waals surface area contributed by atoms with Crippen LogP contribution in [0.2, 0.25) is 0 Å². The van der Waals surface area contributed by atoms with Gasteiger partial charge in [-0.2, -0.15) is 0 Å². The zero-order valence-corrected chi connectivity index (χ0v) is 18.2. The number of benzene rings is 1. The highest BCUT2D eigenvalue weighted by atomic mass is 16.6. The number of methoxy groups -OCH3 is 2. The fourth-order valence-electron chi connectivity index (χ4n) is 4.20. The molecule has 31 heavy (non-hydrogen) atoms. The van der Waals surface area contributed by atoms with Gasteiger partial charge in [0.15, 0.2) is 0 Å². The third kappa shape index (κ3) is 4.66. The first kappa shape index (κ1) is 22.6. The van der Waals surface area contributed by atoms with Crippen LogP contribution in [0.4, 0.5) is 5.69 Å². The van der Waals surface area contributed by atoms with E-state index in [2.05, 4.69) is 0 Å². The molecule has 2 unspecified atom stereocenters. The summed E-state index contributed by atoms with van der Waals surface area (Å²) < 4.78 is 27.2. The van der Waals surface area contributed by atoms with Gasteiger partial charge in [-0.05, 0) is 31.2 Å². The summed E-state index contributed by atoms with van der Waals surface area (Å²) in [7, 11) is 2.89. The van der Waals surface area contributed by atoms with Crippen molar-refractivity contribution >= 4 is 23.6 Å². The average Bonchev–Trinajstić information content (AvgIpc) is 2.74. The minimum absolute atomic E-state index is 0.107. The van der Waals surface area contributed by atoms with Gasteiger partial charge in [-0.1, -0.05) is 0 Å². The first-order valence-corrected chi connectivity index (χ1v) is 9.95. The molecule has 3 rings (SSSR count). The van der Waals surface area contributed by atoms with Crippen LogP contribution >= 0.6 is 0 Å². The van der Waals surface area contributed by atoms with E-state index in [1.807, 2.05) is 29.2 Å². The SMILES string of the molecule is COC(=O)C1=C(C)N(c2ccc(OC)cc2)C2CC1[C@H](OC(C)=O)[C@@H](COC(C)=O)O2. The molecule has 0 N–H and O–H groups in total. The van der Waals surface area contributed by atoms with Crippen LogP contribution in [0.3, 0.4) is 0 Å². The molecule has 1 saturated heterocycles. The highest BCUT2D eigenvalue weighted by Gasteiger charge is 2.51. The molecule has 9 heteroatoms. The Morgan fingerprint density at radius 1 is 1.10 bits per heavy atom. The van der Waals surface area contributed by atoms with Crippen LogP contribution in [0, 0.1) is 5.92 Å². The van der Waals surface area contributed by atoms with Crippen molar-refractivity contribution in [2.45, 2.75) is 45.6 Å². The van der Waals surface area contributed by atoms with E-state index in [4.69, 9.17) is 23.7 Å². The highest BCUT2D eigenvalue weighted by Crippen LogP contribution is 2.44. The van der Waals surface area contributed by atoms with Crippen LogP contribution in [-0.4, -0.2) is 57.2 Å². The fraction of sp³-hybridized carbons (Fsp3) is 0.500. The van der Waals surface area contributed by atoms with Gasteiger partial charge < -0.3 is 28.6 Å². The molecule has 2 aliphatic rings. The first-order valence-electron chi connectivity index (χ1n) is 9.95. The number of nitrogens with zero attached hydrogens (tertiary/aromatic N) is 1. The zero-order chi connectivity index (χ0) is 22.7. The highest BCUT2D eigenvalue weighted by molar-refractivity contribution is 5.91. The number of carbonyl (C=O) groups excluding carboxylic acids is 3. The number of hydrogen-bond donors (Lipinski definition) is 0. The maximum Gasteiger partial charge on any atom is 0.335 e. The van der Waals surface area contributed by atoms with E-state index in [0.717, 1.165) is 5.69 Å². The molecule has 0 spiro atoms. The second-order valence-corrected chi connectivity index (χ2v) is 7.41. The topological polar surface area (TPSA) is 101 Å². The van der Waals surface area contributed by atoms with Gasteiger partial charge in [-0.25, -0.2) is 4.79 Å². The molecule has 0 aromatic heterocycles. The lowest BCUT2D eigenvalue weighted by Gasteiger charge is -2.50. The predicted molar refractivity (Wildman–Crippen MR) is 109 cm³/mol. The van der Waals surface area contributed by atoms with E-state index in [1.165, 1.54) is 21.0 Å². The van der Waals surface area contributed by atoms with Gasteiger partial charge in [0, 0.05) is 37.6 Å². The Bertz CT molecular complexity index is 878. The minimum Gasteiger partial charge on any atom is -0.497 e. The number of fused-ring (bicyclic) bond motifs is 2. The number of carbonyl (C=O) groups is 3. The predicted octanol–water partition coefficient (Wildman–Crippen LogP) is 2.19. The second-order valence-electron chi connectivity index (χ2n) is 7.41. The van der Waals surface area contributed by atoms with Crippen LogP contribution in [-0.2, 0) is 33.3 Å². The molecule has 4 atom stereocenters. The molecule has 0 amide bonds. The molecular weight excluding hydrogens is 406 g/mol. The maximum absolute atomic E-state index is 12.8. The van der Waals surface area contributed by atoms with Crippen molar-refractivity contribution in [1.82, 2.24) is 0 Å². The monoisotopic (exact) mass is 433 g/mol. The van der Waals surface area contributed by atoms with Crippen molar-refractivity contribution in [2.24, 2.45) is 5.92 Å². The van der Waals surface area contributed by atoms with Gasteiger partial charge in [-0.3, -0.25) is 9.59 Å². The van der Waals surface area contributed by atoms with E-state index >= 15 is 0 Å². The third-order valence-electron chi connectivity index (χ3n) is 5.47. The Morgan fingerprint density at radius 2 is 1.77 bits per heavy atom. The molecule has 2 bridgehead atoms. The van der Waals surface area contributed by atoms with Crippen LogP contribution in [0.15, 0.2) is 35.5 Å². The van der Waals surface area contributed by atoms with Crippen molar-refractivity contribution < 1.29 is 38.1 Å². The molecule has 0 saturated carbocycles. The van der Waals surface area contributed by atoms with E-state index < -0.39 is 42.3 Å². The molecular formula is C22H27NO8. The van der Waals surface area contributed by atoms with E-state index in [-0.39, 0.29) is 6.61 Å². The lowest BCUT2D eigenvalue weighted by molar-refractivity contribution is -0.193. The van der Waals surface area contributed by atoms with Crippen LogP contribution in [0.5, 0.6) is 5.75 Å². The Balaban J connectivity index is 2.07. The largest absolute Gasteiger partial charge is 0.497 e. The molecule has 1 fully saturated rings. The van der Waals surface area contributed by atoms with Gasteiger partial charge in [-0.15, -0.1) is 0 Å². The quantitative estimate of drug-likeness (QED) is 0.493. The second kappa shape index (κ2) is 9.38. The summed E-state index contributed by atoms with van der Waals surface area (Å²) in [6.07, 6.45) is -1.61. The number of rotatable bonds is 6. The number of esters is 3. The summed E-state index contributed by atoms with van der Waals surface area (Å²) in [5.74, 6) is -1.28. The number of allylic oxidation sites excluding steroid dienone is 1. The van der Waals surface area contributed by atoms with Crippen LogP contribution < -0.4 is 9.64 Å². The molecule has 168 valence electrons. The van der Waals surface area contributed by atoms with Crippen molar-refractivity contribution in [3.05, 3.63) is 35.5 Å². The van der Waals surface area contributed by atoms with Gasteiger partial charge in [0.25, 0.3) is 0 Å². The molecule has 1 aromatic rings. The summed E-state index contributed by atoms with van der Waals surface area (Å²) in [4.78, 5) is 37.8. The van der Waals surface area contributed by atoms with E-state index in [0.29, 0.717) is 23.4 Å². The average molecular weight is 433 g/mol. The maximum atomic E-state index is 12.8. The zero-order valence-electron chi connectivity index (χ0n) is 18.2. The summed E-state index contributed by atoms with van der Waals surface area (Å²) >= 11 is 0. The molecule has 0 radical (unpaired) electrons. The van der Waals surface area contributed by atoms with Crippen molar-refractivity contribution in [3.63, 3.8) is 0 Å². The van der Waals surface area contributed by atoms with Crippen LogP contribution in [0.25, 0.3) is 0 Å². The van der Waals surface area contributed by atoms with Crippen LogP contribution in [0.1, 0.15) is 27.2 Å². The van der Waals surface area contributed by atoms with Crippen molar-refractivity contribution in [1.29, 1.82) is 0 Å². The van der Waals surface area contributed by atoms with Crippen molar-refractivity contribution in [3.8, 4) is 5.75 Å². The van der Waals surface area contributed by atoms with Gasteiger partial charge in [0.2, 0.25) is 0 Å². The van der Waals surface area contributed by atoms with Gasteiger partial charge in [0.05, 0.1) is 19.8 Å². The van der Waals surface area contributed by atoms with E-state index in [1.54, 1.807) is 14.0 Å². The normalized spacial score (nSPS) is 25.0. The lowest BCUT2D eigenvalue weighted by Crippen LogP contribution is -2.58. The minimum atomic E-state index is -0.796. The van der Waals surface area contributed by atoms with Gasteiger partial charge >= 0.3 is 17.9 Å². The molecule has 2 aliphatic heterocycles. The Hall–Kier alpha value is -3.07. The Labute approximate surface area is 180 Å². The Morgan fingerprint density at radius 3 is 2.32 bits per heavy atom. The van der Waals surface area contributed by atoms with E-state index in [9.17, 15) is 14.4 Å². The lowest BCUT2D eigenvalue weighted by atomic mass is 9.80. The number of ether oxygens (including phenoxy) is 5.